The maximum atomic E-state index is 12.6. The van der Waals surface area contributed by atoms with E-state index in [1.807, 2.05) is 6.07 Å². The average molecular weight is 178 g/mol. The molecule has 1 rings (SSSR count). The van der Waals surface area contributed by atoms with E-state index in [9.17, 15) is 9.18 Å². The van der Waals surface area contributed by atoms with Crippen LogP contribution in [0.4, 0.5) is 4.39 Å². The van der Waals surface area contributed by atoms with Crippen LogP contribution in [0.3, 0.4) is 0 Å². The Bertz CT molecular complexity index is 346. The van der Waals surface area contributed by atoms with Gasteiger partial charge in [0, 0.05) is 5.56 Å². The predicted octanol–water partition coefficient (Wildman–Crippen LogP) is 2.97. The maximum absolute atomic E-state index is 12.6. The lowest BCUT2D eigenvalue weighted by molar-refractivity contribution is 0.100. The fourth-order valence-corrected chi connectivity index (χ4v) is 1.31. The molecular formula is C11H11FO. The number of hydrogen-bond donors (Lipinski definition) is 0. The molecule has 0 atom stereocenters. The van der Waals surface area contributed by atoms with E-state index in [-0.39, 0.29) is 0 Å². The lowest BCUT2D eigenvalue weighted by atomic mass is 9.99. The van der Waals surface area contributed by atoms with Gasteiger partial charge in [0.1, 0.15) is 0 Å². The second-order valence-corrected chi connectivity index (χ2v) is 3.00. The number of allylic oxidation sites excluding steroid dienone is 1. The van der Waals surface area contributed by atoms with Gasteiger partial charge in [0.05, 0.1) is 0 Å². The summed E-state index contributed by atoms with van der Waals surface area (Å²) in [4.78, 5) is 11.3. The molecule has 0 saturated carbocycles. The van der Waals surface area contributed by atoms with Crippen LogP contribution in [0.2, 0.25) is 0 Å². The van der Waals surface area contributed by atoms with E-state index in [1.54, 1.807) is 26.0 Å². The highest BCUT2D eigenvalue weighted by Crippen LogP contribution is 2.17. The van der Waals surface area contributed by atoms with E-state index in [2.05, 4.69) is 6.58 Å². The molecule has 0 fully saturated rings. The lowest BCUT2D eigenvalue weighted by Crippen LogP contribution is -2.04. The number of aryl methyl sites for hydroxylation is 2. The third kappa shape index (κ3) is 1.83. The van der Waals surface area contributed by atoms with Crippen molar-refractivity contribution in [2.24, 2.45) is 0 Å². The topological polar surface area (TPSA) is 17.1 Å². The number of ketones is 1. The van der Waals surface area contributed by atoms with Crippen LogP contribution in [-0.2, 0) is 0 Å². The van der Waals surface area contributed by atoms with Crippen molar-refractivity contribution in [2.75, 3.05) is 0 Å². The first kappa shape index (κ1) is 9.65. The number of carbonyl (C=O) groups excluding carboxylic acids is 1. The van der Waals surface area contributed by atoms with Gasteiger partial charge in [-0.25, -0.2) is 4.39 Å². The highest BCUT2D eigenvalue weighted by Gasteiger charge is 2.14. The molecule has 0 aliphatic rings. The summed E-state index contributed by atoms with van der Waals surface area (Å²) >= 11 is 0. The smallest absolute Gasteiger partial charge is 0.221 e. The molecule has 13 heavy (non-hydrogen) atoms. The average Bonchev–Trinajstić information content (AvgIpc) is 2.03. The number of hydrogen-bond acceptors (Lipinski definition) is 1. The first-order chi connectivity index (χ1) is 6.04. The molecule has 2 heteroatoms. The van der Waals surface area contributed by atoms with Crippen molar-refractivity contribution in [2.45, 2.75) is 13.8 Å². The number of benzene rings is 1. The predicted molar refractivity (Wildman–Crippen MR) is 50.5 cm³/mol. The molecule has 0 saturated heterocycles. The molecule has 0 aromatic heterocycles. The summed E-state index contributed by atoms with van der Waals surface area (Å²) in [6.45, 7) is 6.56. The van der Waals surface area contributed by atoms with E-state index in [0.29, 0.717) is 5.56 Å². The first-order valence-electron chi connectivity index (χ1n) is 3.99. The summed E-state index contributed by atoms with van der Waals surface area (Å²) < 4.78 is 12.6. The minimum absolute atomic E-state index is 0.426. The summed E-state index contributed by atoms with van der Waals surface area (Å²) in [6.07, 6.45) is 0. The fraction of sp³-hybridized carbons (Fsp3) is 0.182. The zero-order chi connectivity index (χ0) is 10.0. The second kappa shape index (κ2) is 3.52. The van der Waals surface area contributed by atoms with E-state index < -0.39 is 11.6 Å². The Kier molecular flexibility index (Phi) is 2.61. The molecule has 0 radical (unpaired) electrons. The fourth-order valence-electron chi connectivity index (χ4n) is 1.31. The largest absolute Gasteiger partial charge is 0.286 e. The second-order valence-electron chi connectivity index (χ2n) is 3.00. The molecule has 0 amide bonds. The van der Waals surface area contributed by atoms with E-state index in [1.165, 1.54) is 0 Å². The van der Waals surface area contributed by atoms with Crippen LogP contribution in [0.5, 0.6) is 0 Å². The Balaban J connectivity index is 3.28. The number of halogens is 1. The Morgan fingerprint density at radius 2 is 1.77 bits per heavy atom. The van der Waals surface area contributed by atoms with Crippen LogP contribution in [0.15, 0.2) is 30.6 Å². The van der Waals surface area contributed by atoms with Crippen LogP contribution in [0.25, 0.3) is 0 Å². The Morgan fingerprint density at radius 3 is 2.15 bits per heavy atom. The molecule has 0 aliphatic heterocycles. The van der Waals surface area contributed by atoms with Crippen molar-refractivity contribution < 1.29 is 9.18 Å². The number of carbonyl (C=O) groups is 1. The molecule has 0 spiro atoms. The molecule has 0 heterocycles. The van der Waals surface area contributed by atoms with Gasteiger partial charge in [0.2, 0.25) is 5.78 Å². The quantitative estimate of drug-likeness (QED) is 0.502. The summed E-state index contributed by atoms with van der Waals surface area (Å²) in [7, 11) is 0. The summed E-state index contributed by atoms with van der Waals surface area (Å²) in [6, 6.07) is 5.40. The van der Waals surface area contributed by atoms with E-state index in [4.69, 9.17) is 0 Å². The van der Waals surface area contributed by atoms with Gasteiger partial charge in [0.15, 0.2) is 5.83 Å². The highest BCUT2D eigenvalue weighted by molar-refractivity contribution is 6.08. The number of rotatable bonds is 2. The first-order valence-corrected chi connectivity index (χ1v) is 3.99. The molecule has 1 nitrogen and oxygen atoms in total. The van der Waals surface area contributed by atoms with Gasteiger partial charge in [-0.15, -0.1) is 0 Å². The molecular weight excluding hydrogens is 167 g/mol. The minimum atomic E-state index is -0.905. The zero-order valence-electron chi connectivity index (χ0n) is 7.73. The summed E-state index contributed by atoms with van der Waals surface area (Å²) in [5, 5.41) is 0. The van der Waals surface area contributed by atoms with Crippen molar-refractivity contribution in [3.05, 3.63) is 47.3 Å². The Labute approximate surface area is 76.9 Å². The SMILES string of the molecule is C=C(F)C(=O)c1c(C)cccc1C. The van der Waals surface area contributed by atoms with Gasteiger partial charge in [-0.05, 0) is 25.0 Å². The highest BCUT2D eigenvalue weighted by atomic mass is 19.1. The molecule has 0 aliphatic carbocycles. The zero-order valence-corrected chi connectivity index (χ0v) is 7.73. The normalized spacial score (nSPS) is 9.77. The maximum Gasteiger partial charge on any atom is 0.221 e. The van der Waals surface area contributed by atoms with Gasteiger partial charge in [-0.3, -0.25) is 4.79 Å². The lowest BCUT2D eigenvalue weighted by Gasteiger charge is -2.05. The Morgan fingerprint density at radius 1 is 1.31 bits per heavy atom. The van der Waals surface area contributed by atoms with E-state index >= 15 is 0 Å². The van der Waals surface area contributed by atoms with Gasteiger partial charge < -0.3 is 0 Å². The third-order valence-electron chi connectivity index (χ3n) is 1.95. The minimum Gasteiger partial charge on any atom is -0.286 e. The standard InChI is InChI=1S/C11H11FO/c1-7-5-4-6-8(2)10(7)11(13)9(3)12/h4-6H,3H2,1-2H3. The van der Waals surface area contributed by atoms with Crippen molar-refractivity contribution in [3.8, 4) is 0 Å². The molecule has 68 valence electrons. The van der Waals surface area contributed by atoms with Gasteiger partial charge in [-0.2, -0.15) is 0 Å². The van der Waals surface area contributed by atoms with Crippen LogP contribution < -0.4 is 0 Å². The van der Waals surface area contributed by atoms with E-state index in [0.717, 1.165) is 11.1 Å². The number of Topliss-reactive ketones (excluding diaryl/α,β-unsaturated/α-hetero) is 1. The molecule has 0 bridgehead atoms. The van der Waals surface area contributed by atoms with Gasteiger partial charge in [0.25, 0.3) is 0 Å². The molecule has 1 aromatic rings. The summed E-state index contributed by atoms with van der Waals surface area (Å²) in [5.74, 6) is -1.52. The molecule has 0 N–H and O–H groups in total. The molecule has 1 aromatic carbocycles. The van der Waals surface area contributed by atoms with Crippen molar-refractivity contribution in [1.29, 1.82) is 0 Å². The van der Waals surface area contributed by atoms with Gasteiger partial charge >= 0.3 is 0 Å². The van der Waals surface area contributed by atoms with Crippen LogP contribution in [-0.4, -0.2) is 5.78 Å². The van der Waals surface area contributed by atoms with Crippen LogP contribution in [0.1, 0.15) is 21.5 Å². The Hall–Kier alpha value is -1.44. The van der Waals surface area contributed by atoms with Crippen LogP contribution >= 0.6 is 0 Å². The van der Waals surface area contributed by atoms with Gasteiger partial charge in [-0.1, -0.05) is 24.8 Å². The van der Waals surface area contributed by atoms with Crippen molar-refractivity contribution in [1.82, 2.24) is 0 Å². The van der Waals surface area contributed by atoms with Crippen molar-refractivity contribution >= 4 is 5.78 Å². The molecule has 0 unspecified atom stereocenters. The van der Waals surface area contributed by atoms with Crippen molar-refractivity contribution in [3.63, 3.8) is 0 Å². The summed E-state index contributed by atoms with van der Waals surface area (Å²) in [5.41, 5.74) is 1.99. The third-order valence-corrected chi connectivity index (χ3v) is 1.95. The monoisotopic (exact) mass is 178 g/mol. The van der Waals surface area contributed by atoms with Crippen LogP contribution in [0, 0.1) is 13.8 Å².